The fourth-order valence-electron chi connectivity index (χ4n) is 2.29. The summed E-state index contributed by atoms with van der Waals surface area (Å²) in [5.74, 6) is -0.905. The van der Waals surface area contributed by atoms with Crippen molar-refractivity contribution in [1.29, 1.82) is 0 Å². The number of aliphatic carboxylic acids is 1. The van der Waals surface area contributed by atoms with Gasteiger partial charge in [-0.25, -0.2) is 0 Å². The Morgan fingerprint density at radius 2 is 0.833 bits per heavy atom. The van der Waals surface area contributed by atoms with Crippen molar-refractivity contribution in [3.63, 3.8) is 0 Å². The van der Waals surface area contributed by atoms with Crippen LogP contribution in [0.25, 0.3) is 0 Å². The molecule has 0 saturated heterocycles. The summed E-state index contributed by atoms with van der Waals surface area (Å²) in [6, 6.07) is 0. The maximum atomic E-state index is 10.2. The molecule has 24 heavy (non-hydrogen) atoms. The largest absolute Gasteiger partial charge is 2.00 e. The molecule has 5 nitrogen and oxygen atoms in total. The third-order valence-corrected chi connectivity index (χ3v) is 3.48. The van der Waals surface area contributed by atoms with Crippen molar-refractivity contribution in [2.24, 2.45) is 0 Å². The van der Waals surface area contributed by atoms with Gasteiger partial charge < -0.3 is 24.9 Å². The van der Waals surface area contributed by atoms with Gasteiger partial charge in [-0.1, -0.05) is 84.0 Å². The molecule has 0 unspecified atom stereocenters. The number of carbonyl (C=O) groups is 2. The predicted molar refractivity (Wildman–Crippen MR) is 92.2 cm³/mol. The van der Waals surface area contributed by atoms with Crippen LogP contribution in [-0.2, 0) is 4.79 Å². The van der Waals surface area contributed by atoms with Gasteiger partial charge in [0.05, 0.1) is 0 Å². The molecule has 132 valence electrons. The molecule has 7 heteroatoms. The number of carbonyl (C=O) groups excluding carboxylic acids is 2. The molecule has 0 amide bonds. The molecule has 0 rings (SSSR count). The molecule has 0 bridgehead atoms. The van der Waals surface area contributed by atoms with Crippen molar-refractivity contribution in [1.82, 2.24) is 0 Å². The van der Waals surface area contributed by atoms with Gasteiger partial charge in [-0.15, -0.1) is 0 Å². The molecule has 0 aromatic carbocycles. The van der Waals surface area contributed by atoms with E-state index >= 15 is 0 Å². The molecule has 0 aliphatic heterocycles. The summed E-state index contributed by atoms with van der Waals surface area (Å²) in [6.07, 6.45) is 14.6. The second-order valence-electron chi connectivity index (χ2n) is 5.61. The Balaban J connectivity index is -0.000000298. The van der Waals surface area contributed by atoms with E-state index < -0.39 is 12.1 Å². The third-order valence-electron chi connectivity index (χ3n) is 3.48. The molecule has 0 spiro atoms. The SMILES string of the molecule is CCCCCCCCCCCCCCCC(=O)[O-].O=C([O-])[O-].[Ca+2].[Ca+2]. The molecule has 0 atom stereocenters. The summed E-state index contributed by atoms with van der Waals surface area (Å²) in [5.41, 5.74) is 0. The normalized spacial score (nSPS) is 9.04. The van der Waals surface area contributed by atoms with Crippen molar-refractivity contribution in [3.8, 4) is 0 Å². The van der Waals surface area contributed by atoms with Crippen LogP contribution in [0.15, 0.2) is 0 Å². The van der Waals surface area contributed by atoms with Gasteiger partial charge in [0.25, 0.3) is 0 Å². The van der Waals surface area contributed by atoms with E-state index in [9.17, 15) is 9.90 Å². The van der Waals surface area contributed by atoms with Crippen molar-refractivity contribution in [2.75, 3.05) is 0 Å². The number of hydrogen-bond acceptors (Lipinski definition) is 5. The van der Waals surface area contributed by atoms with Crippen LogP contribution in [0.4, 0.5) is 4.79 Å². The smallest absolute Gasteiger partial charge is 0.652 e. The summed E-state index contributed by atoms with van der Waals surface area (Å²) in [5, 5.41) is 26.9. The van der Waals surface area contributed by atoms with E-state index in [2.05, 4.69) is 6.92 Å². The first-order valence-corrected chi connectivity index (χ1v) is 8.58. The van der Waals surface area contributed by atoms with Crippen molar-refractivity contribution < 1.29 is 24.9 Å². The zero-order valence-electron chi connectivity index (χ0n) is 15.4. The Morgan fingerprint density at radius 3 is 1.08 bits per heavy atom. The average molecular weight is 396 g/mol. The second kappa shape index (κ2) is 29.0. The number of hydrogen-bond donors (Lipinski definition) is 0. The Labute approximate surface area is 207 Å². The van der Waals surface area contributed by atoms with Crippen molar-refractivity contribution in [3.05, 3.63) is 0 Å². The van der Waals surface area contributed by atoms with Crippen LogP contribution >= 0.6 is 0 Å². The molecule has 0 N–H and O–H groups in total. The summed E-state index contributed by atoms with van der Waals surface area (Å²) in [4.78, 5) is 18.5. The van der Waals surface area contributed by atoms with E-state index in [4.69, 9.17) is 15.0 Å². The molecule has 0 aromatic heterocycles. The van der Waals surface area contributed by atoms with Gasteiger partial charge >= 0.3 is 75.5 Å². The summed E-state index contributed by atoms with van der Waals surface area (Å²) in [6.45, 7) is 2.26. The zero-order valence-corrected chi connectivity index (χ0v) is 19.8. The van der Waals surface area contributed by atoms with Crippen LogP contribution < -0.4 is 15.3 Å². The summed E-state index contributed by atoms with van der Waals surface area (Å²) in [7, 11) is 0. The minimum absolute atomic E-state index is 0. The van der Waals surface area contributed by atoms with Crippen LogP contribution in [0, 0.1) is 0 Å². The van der Waals surface area contributed by atoms with Crippen LogP contribution in [0.2, 0.25) is 0 Å². The Kier molecular flexibility index (Phi) is 39.8. The Hall–Kier alpha value is 1.26. The predicted octanol–water partition coefficient (Wildman–Crippen LogP) is 1.01. The molecule has 0 saturated carbocycles. The van der Waals surface area contributed by atoms with Gasteiger partial charge in [-0.05, 0) is 19.0 Å². The van der Waals surface area contributed by atoms with Crippen LogP contribution in [0.1, 0.15) is 96.8 Å². The molecule has 0 heterocycles. The van der Waals surface area contributed by atoms with E-state index in [1.807, 2.05) is 0 Å². The number of unbranched alkanes of at least 4 members (excludes halogenated alkanes) is 12. The van der Waals surface area contributed by atoms with E-state index in [0.717, 1.165) is 12.8 Å². The van der Waals surface area contributed by atoms with Crippen molar-refractivity contribution in [2.45, 2.75) is 96.8 Å². The number of carboxylic acids is 1. The summed E-state index contributed by atoms with van der Waals surface area (Å²) >= 11 is 0. The first-order valence-electron chi connectivity index (χ1n) is 8.58. The van der Waals surface area contributed by atoms with Crippen LogP contribution in [0.5, 0.6) is 0 Å². The minimum Gasteiger partial charge on any atom is -0.652 e. The molecule has 0 radical (unpaired) electrons. The van der Waals surface area contributed by atoms with E-state index in [-0.39, 0.29) is 81.9 Å². The fourth-order valence-corrected chi connectivity index (χ4v) is 2.29. The zero-order chi connectivity index (χ0) is 17.1. The maximum absolute atomic E-state index is 10.2. The molecular formula is C17H31Ca2O5+. The Bertz CT molecular complexity index is 259. The maximum Gasteiger partial charge on any atom is 2.00 e. The van der Waals surface area contributed by atoms with E-state index in [1.165, 1.54) is 70.6 Å². The number of carboxylic acid groups (broad SMARTS) is 3. The van der Waals surface area contributed by atoms with Gasteiger partial charge in [0.15, 0.2) is 0 Å². The van der Waals surface area contributed by atoms with E-state index in [0.29, 0.717) is 0 Å². The standard InChI is InChI=1S/C16H32O2.CH2O3.2Ca/c1-2-3-4-5-6-7-8-9-10-11-12-13-14-15-16(17)18;2-1(3)4;;/h2-15H2,1H3,(H,17,18);(H2,2,3,4);;/q;;2*+2/p-3. The van der Waals surface area contributed by atoms with Crippen molar-refractivity contribution >= 4 is 87.6 Å². The second-order valence-corrected chi connectivity index (χ2v) is 5.61. The van der Waals surface area contributed by atoms with Gasteiger partial charge in [0.2, 0.25) is 0 Å². The van der Waals surface area contributed by atoms with Gasteiger partial charge in [-0.3, -0.25) is 0 Å². The third kappa shape index (κ3) is 43.6. The van der Waals surface area contributed by atoms with Gasteiger partial charge in [0, 0.05) is 5.97 Å². The Morgan fingerprint density at radius 1 is 0.583 bits per heavy atom. The molecule has 0 aliphatic carbocycles. The van der Waals surface area contributed by atoms with Crippen LogP contribution in [0.3, 0.4) is 0 Å². The van der Waals surface area contributed by atoms with Crippen LogP contribution in [-0.4, -0.2) is 87.6 Å². The van der Waals surface area contributed by atoms with E-state index in [1.54, 1.807) is 0 Å². The number of rotatable bonds is 14. The molecule has 0 fully saturated rings. The minimum atomic E-state index is -2.33. The van der Waals surface area contributed by atoms with Gasteiger partial charge in [-0.2, -0.15) is 0 Å². The monoisotopic (exact) mass is 395 g/mol. The molecular weight excluding hydrogens is 364 g/mol. The van der Waals surface area contributed by atoms with Gasteiger partial charge in [0.1, 0.15) is 0 Å². The fraction of sp³-hybridized carbons (Fsp3) is 0.882. The quantitative estimate of drug-likeness (QED) is 0.322. The molecule has 0 aliphatic rings. The summed E-state index contributed by atoms with van der Waals surface area (Å²) < 4.78 is 0. The average Bonchev–Trinajstić information content (AvgIpc) is 2.43. The first-order chi connectivity index (χ1) is 10.5. The first kappa shape index (κ1) is 32.9. The molecule has 0 aromatic rings. The topological polar surface area (TPSA) is 103 Å².